The Balaban J connectivity index is 1.61. The predicted molar refractivity (Wildman–Crippen MR) is 84.8 cm³/mol. The van der Waals surface area contributed by atoms with Gasteiger partial charge in [0.2, 0.25) is 5.91 Å². The smallest absolute Gasteiger partial charge is 0.327 e. The summed E-state index contributed by atoms with van der Waals surface area (Å²) in [5.74, 6) is -0.601. The molecule has 126 valence electrons. The van der Waals surface area contributed by atoms with E-state index in [0.29, 0.717) is 6.54 Å². The number of carbonyl (C=O) groups is 3. The molecule has 0 spiro atoms. The van der Waals surface area contributed by atoms with Gasteiger partial charge in [-0.05, 0) is 12.1 Å². The van der Waals surface area contributed by atoms with Crippen LogP contribution in [0.25, 0.3) is 0 Å². The molecule has 2 unspecified atom stereocenters. The van der Waals surface area contributed by atoms with E-state index >= 15 is 0 Å². The van der Waals surface area contributed by atoms with Crippen molar-refractivity contribution in [2.24, 2.45) is 4.99 Å². The summed E-state index contributed by atoms with van der Waals surface area (Å²) in [7, 11) is 3.02. The number of nitrogens with zero attached hydrogens (tertiary/aromatic N) is 5. The van der Waals surface area contributed by atoms with Gasteiger partial charge in [-0.3, -0.25) is 24.5 Å². The Morgan fingerprint density at radius 1 is 1.29 bits per heavy atom. The van der Waals surface area contributed by atoms with Crippen LogP contribution in [0.2, 0.25) is 0 Å². The number of fused-ring (bicyclic) bond motifs is 1. The van der Waals surface area contributed by atoms with Crippen molar-refractivity contribution in [3.05, 3.63) is 30.1 Å². The molecule has 3 rings (SSSR count). The molecule has 4 amide bonds. The normalized spacial score (nSPS) is 22.8. The van der Waals surface area contributed by atoms with Crippen molar-refractivity contribution in [1.29, 1.82) is 0 Å². The Kier molecular flexibility index (Phi) is 4.15. The maximum atomic E-state index is 12.1. The van der Waals surface area contributed by atoms with Crippen LogP contribution >= 0.6 is 0 Å². The number of likely N-dealkylation sites (N-methyl/N-ethyl adjacent to an activating group) is 2. The van der Waals surface area contributed by atoms with Crippen molar-refractivity contribution in [2.45, 2.75) is 18.8 Å². The van der Waals surface area contributed by atoms with Crippen molar-refractivity contribution in [3.8, 4) is 0 Å². The molecule has 24 heavy (non-hydrogen) atoms. The summed E-state index contributed by atoms with van der Waals surface area (Å²) < 4.78 is 0. The molecule has 1 aromatic rings. The highest BCUT2D eigenvalue weighted by Crippen LogP contribution is 2.24. The third-order valence-electron chi connectivity index (χ3n) is 4.09. The van der Waals surface area contributed by atoms with Crippen LogP contribution in [0.15, 0.2) is 29.4 Å². The standard InChI is InChI=1S/C15H18N6O3/c1-19-13-12(14(23)20(2)15(19)24)18-9-21(13)8-11(22)17-7-10-5-3-4-6-16-10/h3-6,9,12-13H,7-8H2,1-2H3,(H,17,22). The molecular weight excluding hydrogens is 312 g/mol. The number of aliphatic imine (C=N–C) groups is 1. The number of nitrogens with one attached hydrogen (secondary N) is 1. The molecule has 9 heteroatoms. The summed E-state index contributed by atoms with van der Waals surface area (Å²) in [6, 6.07) is 4.36. The molecule has 3 heterocycles. The lowest BCUT2D eigenvalue weighted by Gasteiger charge is -2.40. The first-order chi connectivity index (χ1) is 11.5. The Bertz CT molecular complexity index is 692. The van der Waals surface area contributed by atoms with E-state index in [4.69, 9.17) is 0 Å². The van der Waals surface area contributed by atoms with E-state index in [-0.39, 0.29) is 18.4 Å². The maximum Gasteiger partial charge on any atom is 0.327 e. The Morgan fingerprint density at radius 3 is 2.79 bits per heavy atom. The number of pyridine rings is 1. The van der Waals surface area contributed by atoms with Crippen LogP contribution in [0.4, 0.5) is 4.79 Å². The van der Waals surface area contributed by atoms with E-state index in [1.54, 1.807) is 24.2 Å². The molecule has 1 N–H and O–H groups in total. The number of hydrogen-bond donors (Lipinski definition) is 1. The van der Waals surface area contributed by atoms with E-state index in [0.717, 1.165) is 10.6 Å². The van der Waals surface area contributed by atoms with Crippen molar-refractivity contribution in [3.63, 3.8) is 0 Å². The number of rotatable bonds is 4. The number of imide groups is 1. The highest BCUT2D eigenvalue weighted by atomic mass is 16.2. The molecule has 0 aliphatic carbocycles. The van der Waals surface area contributed by atoms with Crippen LogP contribution in [0.5, 0.6) is 0 Å². The van der Waals surface area contributed by atoms with E-state index in [9.17, 15) is 14.4 Å². The highest BCUT2D eigenvalue weighted by Gasteiger charge is 2.48. The maximum absolute atomic E-state index is 12.1. The van der Waals surface area contributed by atoms with Gasteiger partial charge in [0.15, 0.2) is 6.04 Å². The number of carbonyl (C=O) groups excluding carboxylic acids is 3. The minimum absolute atomic E-state index is 0.00607. The van der Waals surface area contributed by atoms with E-state index in [2.05, 4.69) is 15.3 Å². The van der Waals surface area contributed by atoms with Gasteiger partial charge < -0.3 is 15.1 Å². The summed E-state index contributed by atoms with van der Waals surface area (Å²) in [6.45, 7) is 0.321. The third kappa shape index (κ3) is 2.80. The molecule has 0 radical (unpaired) electrons. The molecule has 0 bridgehead atoms. The zero-order valence-corrected chi connectivity index (χ0v) is 13.4. The van der Waals surface area contributed by atoms with Crippen LogP contribution in [-0.4, -0.2) is 76.7 Å². The molecule has 1 aromatic heterocycles. The van der Waals surface area contributed by atoms with Crippen molar-refractivity contribution < 1.29 is 14.4 Å². The Labute approximate surface area is 138 Å². The molecule has 1 saturated heterocycles. The first kappa shape index (κ1) is 15.9. The number of urea groups is 1. The summed E-state index contributed by atoms with van der Waals surface area (Å²) in [6.07, 6.45) is 2.54. The van der Waals surface area contributed by atoms with Crippen LogP contribution < -0.4 is 5.32 Å². The first-order valence-corrected chi connectivity index (χ1v) is 7.49. The summed E-state index contributed by atoms with van der Waals surface area (Å²) >= 11 is 0. The topological polar surface area (TPSA) is 98.2 Å². The fourth-order valence-corrected chi connectivity index (χ4v) is 2.80. The van der Waals surface area contributed by atoms with Crippen LogP contribution in [0.1, 0.15) is 5.69 Å². The lowest BCUT2D eigenvalue weighted by atomic mass is 10.1. The first-order valence-electron chi connectivity index (χ1n) is 7.49. The molecule has 0 aromatic carbocycles. The van der Waals surface area contributed by atoms with Crippen molar-refractivity contribution >= 4 is 24.2 Å². The second kappa shape index (κ2) is 6.26. The monoisotopic (exact) mass is 330 g/mol. The highest BCUT2D eigenvalue weighted by molar-refractivity contribution is 6.01. The second-order valence-electron chi connectivity index (χ2n) is 5.68. The van der Waals surface area contributed by atoms with Gasteiger partial charge in [0, 0.05) is 20.3 Å². The van der Waals surface area contributed by atoms with Gasteiger partial charge in [-0.1, -0.05) is 6.07 Å². The van der Waals surface area contributed by atoms with Crippen molar-refractivity contribution in [1.82, 2.24) is 25.0 Å². The van der Waals surface area contributed by atoms with Crippen LogP contribution in [0.3, 0.4) is 0 Å². The average Bonchev–Trinajstić information content (AvgIpc) is 3.01. The molecule has 0 saturated carbocycles. The summed E-state index contributed by atoms with van der Waals surface area (Å²) in [5.41, 5.74) is 0.751. The van der Waals surface area contributed by atoms with Crippen LogP contribution in [0, 0.1) is 0 Å². The minimum Gasteiger partial charge on any atom is -0.349 e. The van der Waals surface area contributed by atoms with Gasteiger partial charge in [0.05, 0.1) is 25.1 Å². The van der Waals surface area contributed by atoms with Crippen LogP contribution in [-0.2, 0) is 16.1 Å². The lowest BCUT2D eigenvalue weighted by molar-refractivity contribution is -0.135. The quantitative estimate of drug-likeness (QED) is 0.784. The van der Waals surface area contributed by atoms with E-state index < -0.39 is 18.2 Å². The van der Waals surface area contributed by atoms with Crippen molar-refractivity contribution in [2.75, 3.05) is 20.6 Å². The molecule has 2 atom stereocenters. The molecule has 1 fully saturated rings. The van der Waals surface area contributed by atoms with Gasteiger partial charge in [-0.25, -0.2) is 4.79 Å². The zero-order chi connectivity index (χ0) is 17.3. The molecule has 2 aliphatic heterocycles. The average molecular weight is 330 g/mol. The largest absolute Gasteiger partial charge is 0.349 e. The lowest BCUT2D eigenvalue weighted by Crippen LogP contribution is -2.64. The van der Waals surface area contributed by atoms with Gasteiger partial charge in [0.25, 0.3) is 5.91 Å². The SMILES string of the molecule is CN1C(=O)C2N=CN(CC(=O)NCc3ccccn3)C2N(C)C1=O. The predicted octanol–water partition coefficient (Wildman–Crippen LogP) is -0.740. The Hall–Kier alpha value is -2.97. The molecule has 9 nitrogen and oxygen atoms in total. The number of aromatic nitrogens is 1. The molecule has 2 aliphatic rings. The number of hydrogen-bond acceptors (Lipinski definition) is 6. The zero-order valence-electron chi connectivity index (χ0n) is 13.4. The van der Waals surface area contributed by atoms with E-state index in [1.165, 1.54) is 18.3 Å². The number of amides is 4. The fraction of sp³-hybridized carbons (Fsp3) is 0.400. The van der Waals surface area contributed by atoms with Gasteiger partial charge in [0.1, 0.15) is 6.17 Å². The van der Waals surface area contributed by atoms with E-state index in [1.807, 2.05) is 12.1 Å². The van der Waals surface area contributed by atoms with Gasteiger partial charge >= 0.3 is 6.03 Å². The van der Waals surface area contributed by atoms with Gasteiger partial charge in [-0.2, -0.15) is 0 Å². The Morgan fingerprint density at radius 2 is 2.08 bits per heavy atom. The summed E-state index contributed by atoms with van der Waals surface area (Å²) in [4.78, 5) is 48.7. The third-order valence-corrected chi connectivity index (χ3v) is 4.09. The molecular formula is C15H18N6O3. The minimum atomic E-state index is -0.693. The fourth-order valence-electron chi connectivity index (χ4n) is 2.80. The second-order valence-corrected chi connectivity index (χ2v) is 5.68. The summed E-state index contributed by atoms with van der Waals surface area (Å²) in [5, 5.41) is 2.76. The van der Waals surface area contributed by atoms with Gasteiger partial charge in [-0.15, -0.1) is 0 Å².